The summed E-state index contributed by atoms with van der Waals surface area (Å²) in [7, 11) is 0. The first-order chi connectivity index (χ1) is 6.33. The van der Waals surface area contributed by atoms with Gasteiger partial charge in [-0.3, -0.25) is 5.10 Å². The summed E-state index contributed by atoms with van der Waals surface area (Å²) in [4.78, 5) is 0. The molecular formula is C10H12N2S. The Morgan fingerprint density at radius 3 is 3.08 bits per heavy atom. The number of rotatable bonds is 2. The highest BCUT2D eigenvalue weighted by Crippen LogP contribution is 2.30. The molecule has 0 bridgehead atoms. The van der Waals surface area contributed by atoms with E-state index in [2.05, 4.69) is 41.6 Å². The normalized spacial score (nSPS) is 13.4. The Hall–Kier alpha value is -0.960. The predicted molar refractivity (Wildman–Crippen MR) is 58.0 cm³/mol. The molecule has 1 atom stereocenters. The fraction of sp³-hybridized carbons (Fsp3) is 0.300. The van der Waals surface area contributed by atoms with E-state index in [1.54, 1.807) is 0 Å². The zero-order valence-electron chi connectivity index (χ0n) is 7.74. The summed E-state index contributed by atoms with van der Waals surface area (Å²) in [5.41, 5.74) is 2.48. The van der Waals surface area contributed by atoms with Crippen molar-refractivity contribution >= 4 is 22.7 Å². The lowest BCUT2D eigenvalue weighted by molar-refractivity contribution is 1.12. The van der Waals surface area contributed by atoms with Gasteiger partial charge in [-0.2, -0.15) is 16.9 Å². The fourth-order valence-electron chi connectivity index (χ4n) is 1.47. The molecular weight excluding hydrogens is 180 g/mol. The molecule has 1 aromatic carbocycles. The van der Waals surface area contributed by atoms with Gasteiger partial charge in [0, 0.05) is 10.6 Å². The summed E-state index contributed by atoms with van der Waals surface area (Å²) in [6, 6.07) is 6.29. The molecule has 0 aliphatic carbocycles. The van der Waals surface area contributed by atoms with Crippen LogP contribution in [0.5, 0.6) is 0 Å². The molecule has 0 aliphatic heterocycles. The number of fused-ring (bicyclic) bond motifs is 1. The zero-order chi connectivity index (χ0) is 9.26. The van der Waals surface area contributed by atoms with Gasteiger partial charge in [-0.05, 0) is 24.8 Å². The van der Waals surface area contributed by atoms with Crippen LogP contribution in [0.3, 0.4) is 0 Å². The molecule has 0 saturated carbocycles. The molecule has 1 unspecified atom stereocenters. The van der Waals surface area contributed by atoms with E-state index in [0.29, 0.717) is 5.25 Å². The van der Waals surface area contributed by atoms with Gasteiger partial charge in [0.05, 0.1) is 11.7 Å². The molecule has 2 aromatic rings. The fourth-order valence-corrected chi connectivity index (χ4v) is 1.93. The molecule has 68 valence electrons. The second-order valence-electron chi connectivity index (χ2n) is 3.06. The second-order valence-corrected chi connectivity index (χ2v) is 4.23. The highest BCUT2D eigenvalue weighted by Gasteiger charge is 2.08. The van der Waals surface area contributed by atoms with Crippen molar-refractivity contribution in [3.63, 3.8) is 0 Å². The summed E-state index contributed by atoms with van der Waals surface area (Å²) in [5, 5.41) is 8.79. The third-order valence-electron chi connectivity index (χ3n) is 2.31. The standard InChI is InChI=1S/C10H12N2S/c1-7(13-2)8-4-3-5-10-9(8)6-11-12-10/h3-7H,1-2H3,(H,11,12). The Kier molecular flexibility index (Phi) is 2.27. The Morgan fingerprint density at radius 1 is 1.46 bits per heavy atom. The summed E-state index contributed by atoms with van der Waals surface area (Å²) in [5.74, 6) is 0. The van der Waals surface area contributed by atoms with Crippen LogP contribution in [0.15, 0.2) is 24.4 Å². The highest BCUT2D eigenvalue weighted by molar-refractivity contribution is 7.98. The number of benzene rings is 1. The number of thioether (sulfide) groups is 1. The molecule has 0 radical (unpaired) electrons. The van der Waals surface area contributed by atoms with Crippen molar-refractivity contribution in [2.45, 2.75) is 12.2 Å². The molecule has 2 nitrogen and oxygen atoms in total. The van der Waals surface area contributed by atoms with E-state index in [-0.39, 0.29) is 0 Å². The van der Waals surface area contributed by atoms with Crippen LogP contribution in [0.1, 0.15) is 17.7 Å². The van der Waals surface area contributed by atoms with Crippen molar-refractivity contribution in [3.8, 4) is 0 Å². The lowest BCUT2D eigenvalue weighted by Crippen LogP contribution is -1.87. The maximum absolute atomic E-state index is 4.04. The maximum atomic E-state index is 4.04. The van der Waals surface area contributed by atoms with Crippen LogP contribution in [-0.2, 0) is 0 Å². The molecule has 0 spiro atoms. The highest BCUT2D eigenvalue weighted by atomic mass is 32.2. The van der Waals surface area contributed by atoms with Crippen LogP contribution in [0.4, 0.5) is 0 Å². The van der Waals surface area contributed by atoms with Crippen molar-refractivity contribution < 1.29 is 0 Å². The lowest BCUT2D eigenvalue weighted by atomic mass is 10.1. The van der Waals surface area contributed by atoms with E-state index in [0.717, 1.165) is 5.52 Å². The minimum Gasteiger partial charge on any atom is -0.278 e. The Morgan fingerprint density at radius 2 is 2.31 bits per heavy atom. The summed E-state index contributed by atoms with van der Waals surface area (Å²) in [6.45, 7) is 2.21. The zero-order valence-corrected chi connectivity index (χ0v) is 8.56. The van der Waals surface area contributed by atoms with Crippen molar-refractivity contribution in [2.24, 2.45) is 0 Å². The lowest BCUT2D eigenvalue weighted by Gasteiger charge is -2.08. The third-order valence-corrected chi connectivity index (χ3v) is 3.27. The molecule has 13 heavy (non-hydrogen) atoms. The van der Waals surface area contributed by atoms with Gasteiger partial charge in [-0.1, -0.05) is 12.1 Å². The van der Waals surface area contributed by atoms with Crippen LogP contribution in [-0.4, -0.2) is 16.5 Å². The van der Waals surface area contributed by atoms with Crippen molar-refractivity contribution in [1.82, 2.24) is 10.2 Å². The van der Waals surface area contributed by atoms with Gasteiger partial charge in [0.1, 0.15) is 0 Å². The van der Waals surface area contributed by atoms with Gasteiger partial charge in [0.25, 0.3) is 0 Å². The molecule has 3 heteroatoms. The molecule has 1 aromatic heterocycles. The number of hydrogen-bond donors (Lipinski definition) is 1. The number of hydrogen-bond acceptors (Lipinski definition) is 2. The Bertz CT molecular complexity index is 408. The molecule has 0 aliphatic rings. The van der Waals surface area contributed by atoms with Crippen LogP contribution in [0, 0.1) is 0 Å². The molecule has 2 rings (SSSR count). The minimum atomic E-state index is 0.529. The topological polar surface area (TPSA) is 28.7 Å². The van der Waals surface area contributed by atoms with Gasteiger partial charge < -0.3 is 0 Å². The van der Waals surface area contributed by atoms with Crippen LogP contribution < -0.4 is 0 Å². The number of H-pyrrole nitrogens is 1. The Balaban J connectivity index is 2.60. The minimum absolute atomic E-state index is 0.529. The largest absolute Gasteiger partial charge is 0.278 e. The van der Waals surface area contributed by atoms with Crippen LogP contribution >= 0.6 is 11.8 Å². The molecule has 0 saturated heterocycles. The average molecular weight is 192 g/mol. The maximum Gasteiger partial charge on any atom is 0.0653 e. The number of aromatic nitrogens is 2. The second kappa shape index (κ2) is 3.42. The Labute approximate surface area is 81.7 Å². The smallest absolute Gasteiger partial charge is 0.0653 e. The van der Waals surface area contributed by atoms with E-state index in [1.807, 2.05) is 18.0 Å². The first kappa shape index (κ1) is 8.63. The van der Waals surface area contributed by atoms with Gasteiger partial charge in [-0.15, -0.1) is 0 Å². The monoisotopic (exact) mass is 192 g/mol. The number of aromatic amines is 1. The van der Waals surface area contributed by atoms with Gasteiger partial charge >= 0.3 is 0 Å². The molecule has 1 N–H and O–H groups in total. The van der Waals surface area contributed by atoms with E-state index >= 15 is 0 Å². The predicted octanol–water partition coefficient (Wildman–Crippen LogP) is 2.99. The number of nitrogens with one attached hydrogen (secondary N) is 1. The van der Waals surface area contributed by atoms with E-state index in [9.17, 15) is 0 Å². The van der Waals surface area contributed by atoms with Gasteiger partial charge in [0.15, 0.2) is 0 Å². The van der Waals surface area contributed by atoms with E-state index in [4.69, 9.17) is 0 Å². The summed E-state index contributed by atoms with van der Waals surface area (Å²) in [6.07, 6.45) is 4.03. The molecule has 1 heterocycles. The molecule has 0 fully saturated rings. The van der Waals surface area contributed by atoms with Crippen molar-refractivity contribution in [2.75, 3.05) is 6.26 Å². The first-order valence-electron chi connectivity index (χ1n) is 4.27. The van der Waals surface area contributed by atoms with E-state index in [1.165, 1.54) is 10.9 Å². The van der Waals surface area contributed by atoms with Crippen LogP contribution in [0.2, 0.25) is 0 Å². The third kappa shape index (κ3) is 1.44. The summed E-state index contributed by atoms with van der Waals surface area (Å²) >= 11 is 1.85. The quantitative estimate of drug-likeness (QED) is 0.792. The van der Waals surface area contributed by atoms with Crippen LogP contribution in [0.25, 0.3) is 10.9 Å². The van der Waals surface area contributed by atoms with Gasteiger partial charge in [0.2, 0.25) is 0 Å². The summed E-state index contributed by atoms with van der Waals surface area (Å²) < 4.78 is 0. The van der Waals surface area contributed by atoms with Crippen molar-refractivity contribution in [3.05, 3.63) is 30.0 Å². The van der Waals surface area contributed by atoms with Crippen molar-refractivity contribution in [1.29, 1.82) is 0 Å². The average Bonchev–Trinajstić information content (AvgIpc) is 2.63. The number of nitrogens with zero attached hydrogens (tertiary/aromatic N) is 1. The SMILES string of the molecule is CSC(C)c1cccc2[nH]ncc12. The molecule has 0 amide bonds. The van der Waals surface area contributed by atoms with Gasteiger partial charge in [-0.25, -0.2) is 0 Å². The first-order valence-corrected chi connectivity index (χ1v) is 5.56. The van der Waals surface area contributed by atoms with E-state index < -0.39 is 0 Å².